The average Bonchev–Trinajstić information content (AvgIpc) is 2.75. The van der Waals surface area contributed by atoms with Crippen LogP contribution in [0, 0.1) is 23.7 Å². The molecule has 76 valence electrons. The van der Waals surface area contributed by atoms with E-state index in [4.69, 9.17) is 4.74 Å². The van der Waals surface area contributed by atoms with Gasteiger partial charge in [-0.2, -0.15) is 0 Å². The Morgan fingerprint density at radius 1 is 1.50 bits per heavy atom. The van der Waals surface area contributed by atoms with E-state index < -0.39 is 0 Å². The Morgan fingerprint density at radius 2 is 2.29 bits per heavy atom. The summed E-state index contributed by atoms with van der Waals surface area (Å²) in [5, 5.41) is 2.97. The zero-order valence-electron chi connectivity index (χ0n) is 8.03. The van der Waals surface area contributed by atoms with Gasteiger partial charge in [-0.05, 0) is 24.7 Å². The summed E-state index contributed by atoms with van der Waals surface area (Å²) in [6, 6.07) is 0.346. The van der Waals surface area contributed by atoms with Crippen LogP contribution in [0.2, 0.25) is 0 Å². The Morgan fingerprint density at radius 3 is 3.00 bits per heavy atom. The van der Waals surface area contributed by atoms with Crippen molar-refractivity contribution in [1.29, 1.82) is 0 Å². The molecule has 1 saturated heterocycles. The normalized spacial score (nSPS) is 48.1. The first-order valence-corrected chi connectivity index (χ1v) is 5.10. The number of ether oxygens (including phenoxy) is 1. The standard InChI is InChI=1S/C10H13NO3/c1-14-10(13)7-4-2-5-6(3-4)11-9(12)8(5)7/h4-8H,2-3H2,1H3,(H,11,12)/t4-,5-,6+,7-,8-/m0/s1. The second-order valence-corrected chi connectivity index (χ2v) is 4.59. The van der Waals surface area contributed by atoms with Crippen molar-refractivity contribution >= 4 is 11.9 Å². The van der Waals surface area contributed by atoms with Crippen molar-refractivity contribution in [3.8, 4) is 0 Å². The first kappa shape index (κ1) is 8.26. The molecule has 1 heterocycles. The number of esters is 1. The highest BCUT2D eigenvalue weighted by atomic mass is 16.5. The SMILES string of the molecule is COC(=O)[C@H]1[C@H]2C[C@@H]3[C@@H]1C(=O)N[C@@H]3C2. The maximum absolute atomic E-state index is 11.6. The predicted octanol–water partition coefficient (Wildman–Crippen LogP) is -0.0700. The van der Waals surface area contributed by atoms with Gasteiger partial charge in [0.1, 0.15) is 0 Å². The van der Waals surface area contributed by atoms with E-state index in [1.54, 1.807) is 0 Å². The molecule has 1 aliphatic heterocycles. The molecule has 0 unspecified atom stereocenters. The highest BCUT2D eigenvalue weighted by Gasteiger charge is 2.62. The van der Waals surface area contributed by atoms with Crippen LogP contribution in [0.3, 0.4) is 0 Å². The summed E-state index contributed by atoms with van der Waals surface area (Å²) in [6.07, 6.45) is 1.99. The molecule has 2 bridgehead atoms. The number of nitrogens with one attached hydrogen (secondary N) is 1. The van der Waals surface area contributed by atoms with Crippen molar-refractivity contribution in [2.75, 3.05) is 7.11 Å². The van der Waals surface area contributed by atoms with Crippen molar-refractivity contribution in [2.45, 2.75) is 18.9 Å². The average molecular weight is 195 g/mol. The van der Waals surface area contributed by atoms with Crippen LogP contribution in [-0.4, -0.2) is 25.0 Å². The monoisotopic (exact) mass is 195 g/mol. The van der Waals surface area contributed by atoms with E-state index in [9.17, 15) is 9.59 Å². The molecular formula is C10H13NO3. The van der Waals surface area contributed by atoms with Gasteiger partial charge in [0.05, 0.1) is 18.9 Å². The maximum Gasteiger partial charge on any atom is 0.309 e. The van der Waals surface area contributed by atoms with Gasteiger partial charge in [0.2, 0.25) is 5.91 Å². The lowest BCUT2D eigenvalue weighted by Crippen LogP contribution is -2.32. The summed E-state index contributed by atoms with van der Waals surface area (Å²) >= 11 is 0. The zero-order valence-corrected chi connectivity index (χ0v) is 8.03. The van der Waals surface area contributed by atoms with E-state index >= 15 is 0 Å². The molecule has 3 fully saturated rings. The lowest BCUT2D eigenvalue weighted by molar-refractivity contribution is -0.150. The smallest absolute Gasteiger partial charge is 0.309 e. The molecule has 0 spiro atoms. The van der Waals surface area contributed by atoms with Crippen LogP contribution in [0.5, 0.6) is 0 Å². The van der Waals surface area contributed by atoms with Gasteiger partial charge in [-0.15, -0.1) is 0 Å². The second-order valence-electron chi connectivity index (χ2n) is 4.59. The topological polar surface area (TPSA) is 55.4 Å². The molecular weight excluding hydrogens is 182 g/mol. The van der Waals surface area contributed by atoms with Gasteiger partial charge >= 0.3 is 5.97 Å². The van der Waals surface area contributed by atoms with Crippen molar-refractivity contribution in [3.63, 3.8) is 0 Å². The largest absolute Gasteiger partial charge is 0.469 e. The van der Waals surface area contributed by atoms with Crippen LogP contribution in [0.15, 0.2) is 0 Å². The summed E-state index contributed by atoms with van der Waals surface area (Å²) in [4.78, 5) is 23.1. The fourth-order valence-corrected chi connectivity index (χ4v) is 3.64. The highest BCUT2D eigenvalue weighted by molar-refractivity contribution is 5.89. The Hall–Kier alpha value is -1.06. The second kappa shape index (κ2) is 2.49. The summed E-state index contributed by atoms with van der Waals surface area (Å²) in [6.45, 7) is 0. The van der Waals surface area contributed by atoms with Crippen molar-refractivity contribution in [3.05, 3.63) is 0 Å². The molecule has 2 saturated carbocycles. The quantitative estimate of drug-likeness (QED) is 0.596. The lowest BCUT2D eigenvalue weighted by atomic mass is 9.80. The highest BCUT2D eigenvalue weighted by Crippen LogP contribution is 2.55. The minimum atomic E-state index is -0.196. The molecule has 4 heteroatoms. The van der Waals surface area contributed by atoms with Crippen molar-refractivity contribution in [1.82, 2.24) is 5.32 Å². The van der Waals surface area contributed by atoms with Crippen LogP contribution in [0.25, 0.3) is 0 Å². The van der Waals surface area contributed by atoms with Gasteiger partial charge in [0.15, 0.2) is 0 Å². The maximum atomic E-state index is 11.6. The molecule has 5 atom stereocenters. The van der Waals surface area contributed by atoms with E-state index in [0.717, 1.165) is 12.8 Å². The summed E-state index contributed by atoms with van der Waals surface area (Å²) in [5.74, 6) is 0.390. The molecule has 3 aliphatic rings. The van der Waals surface area contributed by atoms with Gasteiger partial charge in [0, 0.05) is 6.04 Å². The third-order valence-corrected chi connectivity index (χ3v) is 4.11. The molecule has 0 aromatic rings. The summed E-state index contributed by atoms with van der Waals surface area (Å²) in [7, 11) is 1.40. The van der Waals surface area contributed by atoms with E-state index in [-0.39, 0.29) is 23.7 Å². The minimum Gasteiger partial charge on any atom is -0.469 e. The lowest BCUT2D eigenvalue weighted by Gasteiger charge is -2.23. The summed E-state index contributed by atoms with van der Waals surface area (Å²) in [5.41, 5.74) is 0. The number of rotatable bonds is 1. The third-order valence-electron chi connectivity index (χ3n) is 4.11. The predicted molar refractivity (Wildman–Crippen MR) is 47.1 cm³/mol. The Bertz CT molecular complexity index is 312. The van der Waals surface area contributed by atoms with Crippen molar-refractivity contribution in [2.24, 2.45) is 23.7 Å². The van der Waals surface area contributed by atoms with E-state index in [1.165, 1.54) is 7.11 Å². The molecule has 0 radical (unpaired) electrons. The Labute approximate surface area is 82.0 Å². The van der Waals surface area contributed by atoms with Gasteiger partial charge in [0.25, 0.3) is 0 Å². The van der Waals surface area contributed by atoms with Gasteiger partial charge in [-0.3, -0.25) is 9.59 Å². The van der Waals surface area contributed by atoms with E-state index in [0.29, 0.717) is 17.9 Å². The van der Waals surface area contributed by atoms with Crippen LogP contribution >= 0.6 is 0 Å². The van der Waals surface area contributed by atoms with Crippen LogP contribution in [0.4, 0.5) is 0 Å². The number of methoxy groups -OCH3 is 1. The third kappa shape index (κ3) is 0.792. The summed E-state index contributed by atoms with van der Waals surface area (Å²) < 4.78 is 4.77. The van der Waals surface area contributed by atoms with Gasteiger partial charge in [-0.25, -0.2) is 0 Å². The van der Waals surface area contributed by atoms with Crippen LogP contribution < -0.4 is 5.32 Å². The first-order valence-electron chi connectivity index (χ1n) is 5.10. The number of hydrogen-bond acceptors (Lipinski definition) is 3. The number of amides is 1. The molecule has 0 aromatic heterocycles. The zero-order chi connectivity index (χ0) is 9.87. The Kier molecular flexibility index (Phi) is 1.47. The number of carbonyl (C=O) groups excluding carboxylic acids is 2. The fourth-order valence-electron chi connectivity index (χ4n) is 3.64. The fraction of sp³-hybridized carbons (Fsp3) is 0.800. The number of hydrogen-bond donors (Lipinski definition) is 1. The molecule has 3 rings (SSSR count). The van der Waals surface area contributed by atoms with Gasteiger partial charge in [-0.1, -0.05) is 0 Å². The van der Waals surface area contributed by atoms with Crippen molar-refractivity contribution < 1.29 is 14.3 Å². The molecule has 1 amide bonds. The molecule has 0 aromatic carbocycles. The van der Waals surface area contributed by atoms with E-state index in [2.05, 4.69) is 5.32 Å². The van der Waals surface area contributed by atoms with E-state index in [1.807, 2.05) is 0 Å². The number of fused-ring (bicyclic) bond motifs is 1. The first-order chi connectivity index (χ1) is 6.72. The Balaban J connectivity index is 1.95. The molecule has 1 N–H and O–H groups in total. The number of carbonyl (C=O) groups is 2. The minimum absolute atomic E-state index is 0.0652. The van der Waals surface area contributed by atoms with Crippen LogP contribution in [0.1, 0.15) is 12.8 Å². The molecule has 4 nitrogen and oxygen atoms in total. The van der Waals surface area contributed by atoms with Crippen LogP contribution in [-0.2, 0) is 14.3 Å². The molecule has 14 heavy (non-hydrogen) atoms. The van der Waals surface area contributed by atoms with Gasteiger partial charge < -0.3 is 10.1 Å². The molecule has 2 aliphatic carbocycles.